The van der Waals surface area contributed by atoms with Gasteiger partial charge in [-0.25, -0.2) is 0 Å². The van der Waals surface area contributed by atoms with Crippen LogP contribution in [0.25, 0.3) is 10.1 Å². The van der Waals surface area contributed by atoms with Crippen molar-refractivity contribution in [1.29, 1.82) is 0 Å². The quantitative estimate of drug-likeness (QED) is 0.711. The molecule has 2 N–H and O–H groups in total. The maximum Gasteiger partial charge on any atom is 0.150 e. The summed E-state index contributed by atoms with van der Waals surface area (Å²) in [5, 5.41) is 1.91. The van der Waals surface area contributed by atoms with Crippen molar-refractivity contribution in [2.24, 2.45) is 0 Å². The molecule has 0 amide bonds. The van der Waals surface area contributed by atoms with E-state index in [0.29, 0.717) is 0 Å². The van der Waals surface area contributed by atoms with Crippen LogP contribution >= 0.6 is 24.0 Å². The van der Waals surface area contributed by atoms with E-state index < -0.39 is 0 Å². The molecule has 0 radical (unpaired) electrons. The highest BCUT2D eigenvalue weighted by atomic mass is 32.1. The van der Waals surface area contributed by atoms with E-state index >= 15 is 0 Å². The number of fused-ring (bicyclic) bond motifs is 1. The molecule has 1 aromatic heterocycles. The number of hydrogen-bond acceptors (Lipinski definition) is 4. The standard InChI is InChI=1S/C9H9NOS2/c1-11-8-6(12)3-2-5-4-7(10)13-9(5)8/h2-4,12H,10H2,1H3. The summed E-state index contributed by atoms with van der Waals surface area (Å²) in [6.07, 6.45) is 0. The molecule has 2 nitrogen and oxygen atoms in total. The largest absolute Gasteiger partial charge is 0.494 e. The number of ether oxygens (including phenoxy) is 1. The number of thiophene rings is 1. The molecular weight excluding hydrogens is 202 g/mol. The van der Waals surface area contributed by atoms with Gasteiger partial charge in [0, 0.05) is 4.90 Å². The molecule has 4 heteroatoms. The van der Waals surface area contributed by atoms with E-state index in [2.05, 4.69) is 12.6 Å². The van der Waals surface area contributed by atoms with Crippen molar-refractivity contribution in [2.45, 2.75) is 4.90 Å². The monoisotopic (exact) mass is 211 g/mol. The van der Waals surface area contributed by atoms with Crippen LogP contribution in [0.3, 0.4) is 0 Å². The molecule has 2 aromatic rings. The van der Waals surface area contributed by atoms with Gasteiger partial charge in [-0.05, 0) is 17.5 Å². The molecule has 0 bridgehead atoms. The lowest BCUT2D eigenvalue weighted by Crippen LogP contribution is -1.83. The van der Waals surface area contributed by atoms with E-state index in [1.165, 1.54) is 11.3 Å². The lowest BCUT2D eigenvalue weighted by atomic mass is 10.2. The first kappa shape index (κ1) is 8.72. The van der Waals surface area contributed by atoms with Gasteiger partial charge in [0.2, 0.25) is 0 Å². The predicted octanol–water partition coefficient (Wildman–Crippen LogP) is 2.78. The molecule has 0 unspecified atom stereocenters. The maximum absolute atomic E-state index is 5.70. The number of nitrogens with two attached hydrogens (primary N) is 1. The summed E-state index contributed by atoms with van der Waals surface area (Å²) in [6.45, 7) is 0. The first-order valence-electron chi connectivity index (χ1n) is 3.77. The van der Waals surface area contributed by atoms with Gasteiger partial charge in [-0.2, -0.15) is 0 Å². The van der Waals surface area contributed by atoms with E-state index in [1.54, 1.807) is 7.11 Å². The first-order valence-corrected chi connectivity index (χ1v) is 5.03. The van der Waals surface area contributed by atoms with Crippen LogP contribution < -0.4 is 10.5 Å². The molecule has 0 saturated carbocycles. The summed E-state index contributed by atoms with van der Waals surface area (Å²) in [4.78, 5) is 0.844. The van der Waals surface area contributed by atoms with E-state index in [1.807, 2.05) is 18.2 Å². The summed E-state index contributed by atoms with van der Waals surface area (Å²) in [5.41, 5.74) is 5.70. The molecule has 0 spiro atoms. The van der Waals surface area contributed by atoms with Crippen molar-refractivity contribution in [2.75, 3.05) is 12.8 Å². The summed E-state index contributed by atoms with van der Waals surface area (Å²) >= 11 is 5.83. The van der Waals surface area contributed by atoms with Gasteiger partial charge in [-0.1, -0.05) is 6.07 Å². The molecule has 1 heterocycles. The fourth-order valence-electron chi connectivity index (χ4n) is 1.28. The summed E-state index contributed by atoms with van der Waals surface area (Å²) in [6, 6.07) is 5.85. The van der Waals surface area contributed by atoms with Crippen molar-refractivity contribution >= 4 is 39.1 Å². The van der Waals surface area contributed by atoms with Crippen molar-refractivity contribution < 1.29 is 4.74 Å². The number of hydrogen-bond donors (Lipinski definition) is 2. The zero-order chi connectivity index (χ0) is 9.42. The average Bonchev–Trinajstić information content (AvgIpc) is 2.45. The molecule has 0 aliphatic carbocycles. The lowest BCUT2D eigenvalue weighted by molar-refractivity contribution is 0.411. The van der Waals surface area contributed by atoms with Crippen LogP contribution in [0.1, 0.15) is 0 Å². The first-order chi connectivity index (χ1) is 6.22. The van der Waals surface area contributed by atoms with Crippen molar-refractivity contribution in [1.82, 2.24) is 0 Å². The molecule has 2 rings (SSSR count). The molecule has 0 saturated heterocycles. The maximum atomic E-state index is 5.70. The van der Waals surface area contributed by atoms with Crippen LogP contribution in [0, 0.1) is 0 Å². The van der Waals surface area contributed by atoms with Crippen LogP contribution in [-0.2, 0) is 0 Å². The minimum absolute atomic E-state index is 0.798. The second-order valence-electron chi connectivity index (χ2n) is 2.69. The molecule has 13 heavy (non-hydrogen) atoms. The number of anilines is 1. The van der Waals surface area contributed by atoms with E-state index in [9.17, 15) is 0 Å². The second kappa shape index (κ2) is 3.12. The van der Waals surface area contributed by atoms with Crippen molar-refractivity contribution in [3.05, 3.63) is 18.2 Å². The van der Waals surface area contributed by atoms with Gasteiger partial charge >= 0.3 is 0 Å². The Bertz CT molecular complexity index is 450. The zero-order valence-corrected chi connectivity index (χ0v) is 8.78. The van der Waals surface area contributed by atoms with Crippen molar-refractivity contribution in [3.8, 4) is 5.75 Å². The van der Waals surface area contributed by atoms with Crippen molar-refractivity contribution in [3.63, 3.8) is 0 Å². The van der Waals surface area contributed by atoms with Crippen LogP contribution in [-0.4, -0.2) is 7.11 Å². The Morgan fingerprint density at radius 1 is 1.46 bits per heavy atom. The highest BCUT2D eigenvalue weighted by Crippen LogP contribution is 2.38. The fourth-order valence-corrected chi connectivity index (χ4v) is 2.59. The van der Waals surface area contributed by atoms with Gasteiger partial charge in [0.15, 0.2) is 0 Å². The predicted molar refractivity (Wildman–Crippen MR) is 60.0 cm³/mol. The normalized spacial score (nSPS) is 10.6. The van der Waals surface area contributed by atoms with Crippen LogP contribution in [0.4, 0.5) is 5.00 Å². The van der Waals surface area contributed by atoms with E-state index in [4.69, 9.17) is 10.5 Å². The Labute approximate surface area is 85.7 Å². The average molecular weight is 211 g/mol. The van der Waals surface area contributed by atoms with Crippen LogP contribution in [0.5, 0.6) is 5.75 Å². The van der Waals surface area contributed by atoms with E-state index in [0.717, 1.165) is 25.7 Å². The minimum atomic E-state index is 0.798. The second-order valence-corrected chi connectivity index (χ2v) is 4.25. The highest BCUT2D eigenvalue weighted by molar-refractivity contribution is 7.80. The number of nitrogen functional groups attached to an aromatic ring is 1. The Morgan fingerprint density at radius 3 is 2.92 bits per heavy atom. The summed E-state index contributed by atoms with van der Waals surface area (Å²) < 4.78 is 6.31. The number of benzene rings is 1. The Kier molecular flexibility index (Phi) is 2.09. The van der Waals surface area contributed by atoms with Gasteiger partial charge in [-0.3, -0.25) is 0 Å². The zero-order valence-electron chi connectivity index (χ0n) is 7.07. The molecular formula is C9H9NOS2. The topological polar surface area (TPSA) is 35.2 Å². The Hall–Kier alpha value is -0.870. The number of rotatable bonds is 1. The van der Waals surface area contributed by atoms with Gasteiger partial charge in [0.1, 0.15) is 5.75 Å². The molecule has 1 aromatic carbocycles. The molecule has 0 aliphatic heterocycles. The van der Waals surface area contributed by atoms with Gasteiger partial charge in [0.25, 0.3) is 0 Å². The number of methoxy groups -OCH3 is 1. The van der Waals surface area contributed by atoms with Gasteiger partial charge < -0.3 is 10.5 Å². The van der Waals surface area contributed by atoms with Crippen LogP contribution in [0.15, 0.2) is 23.1 Å². The summed E-state index contributed by atoms with van der Waals surface area (Å²) in [5.74, 6) is 0.808. The fraction of sp³-hybridized carbons (Fsp3) is 0.111. The van der Waals surface area contributed by atoms with Gasteiger partial charge in [-0.15, -0.1) is 24.0 Å². The molecule has 0 fully saturated rings. The molecule has 0 atom stereocenters. The third kappa shape index (κ3) is 1.36. The smallest absolute Gasteiger partial charge is 0.150 e. The summed E-state index contributed by atoms with van der Waals surface area (Å²) in [7, 11) is 1.64. The number of thiol groups is 1. The SMILES string of the molecule is COc1c(S)ccc2cc(N)sc12. The highest BCUT2D eigenvalue weighted by Gasteiger charge is 2.07. The molecule has 0 aliphatic rings. The van der Waals surface area contributed by atoms with Gasteiger partial charge in [0.05, 0.1) is 16.8 Å². The van der Waals surface area contributed by atoms with Crippen LogP contribution in [0.2, 0.25) is 0 Å². The third-order valence-electron chi connectivity index (χ3n) is 1.84. The third-order valence-corrected chi connectivity index (χ3v) is 3.17. The Morgan fingerprint density at radius 2 is 2.23 bits per heavy atom. The molecule has 68 valence electrons. The minimum Gasteiger partial charge on any atom is -0.494 e. The Balaban J connectivity index is 2.82. The van der Waals surface area contributed by atoms with E-state index in [-0.39, 0.29) is 0 Å². The lowest BCUT2D eigenvalue weighted by Gasteiger charge is -2.03.